The van der Waals surface area contributed by atoms with Gasteiger partial charge in [-0.25, -0.2) is 13.6 Å². The molecule has 0 aliphatic rings. The van der Waals surface area contributed by atoms with Gasteiger partial charge in [0.05, 0.1) is 15.8 Å². The highest BCUT2D eigenvalue weighted by molar-refractivity contribution is 7.89. The van der Waals surface area contributed by atoms with Crippen molar-refractivity contribution in [3.8, 4) is 5.75 Å². The van der Waals surface area contributed by atoms with Gasteiger partial charge in [0.1, 0.15) is 16.7 Å². The molecule has 0 aromatic carbocycles. The number of nitrogens with two attached hydrogens (primary N) is 1. The van der Waals surface area contributed by atoms with Crippen molar-refractivity contribution < 1.29 is 13.2 Å². The third-order valence-electron chi connectivity index (χ3n) is 2.52. The van der Waals surface area contributed by atoms with E-state index in [1.165, 1.54) is 19.2 Å². The van der Waals surface area contributed by atoms with Crippen LogP contribution >= 0.6 is 46.1 Å². The Bertz CT molecular complexity index is 779. The zero-order valence-electron chi connectivity index (χ0n) is 10.4. The zero-order valence-corrected chi connectivity index (χ0v) is 14.3. The number of hydrogen-bond acceptors (Lipinski definition) is 6. The third-order valence-corrected chi connectivity index (χ3v) is 5.36. The Morgan fingerprint density at radius 3 is 2.43 bits per heavy atom. The van der Waals surface area contributed by atoms with Crippen LogP contribution < -0.4 is 9.88 Å². The number of hydrogen-bond donors (Lipinski definition) is 1. The number of primary sulfonamides is 1. The molecule has 0 saturated carbocycles. The standard InChI is InChI=1S/C10H8Cl3N3O3S2/c1-19-5-3-6(11)15-16-8(5)9(21(14,17)18)4-2-7(12)20-10(4)13/h2-3,9H,1H3,(H2,14,17,18). The van der Waals surface area contributed by atoms with Crippen LogP contribution in [0.15, 0.2) is 12.1 Å². The van der Waals surface area contributed by atoms with Gasteiger partial charge in [-0.2, -0.15) is 0 Å². The minimum absolute atomic E-state index is 0.0132. The largest absolute Gasteiger partial charge is 0.495 e. The molecule has 2 heterocycles. The lowest BCUT2D eigenvalue weighted by molar-refractivity contribution is 0.405. The molecule has 0 amide bonds. The molecule has 2 rings (SSSR count). The summed E-state index contributed by atoms with van der Waals surface area (Å²) >= 11 is 18.6. The molecule has 6 nitrogen and oxygen atoms in total. The molecular formula is C10H8Cl3N3O3S2. The summed E-state index contributed by atoms with van der Waals surface area (Å²) in [6, 6.07) is 2.75. The molecule has 2 aromatic rings. The maximum Gasteiger partial charge on any atom is 0.222 e. The van der Waals surface area contributed by atoms with Crippen molar-refractivity contribution in [3.05, 3.63) is 37.2 Å². The van der Waals surface area contributed by atoms with Gasteiger partial charge in [-0.05, 0) is 6.07 Å². The number of ether oxygens (including phenoxy) is 1. The van der Waals surface area contributed by atoms with Gasteiger partial charge in [-0.1, -0.05) is 34.8 Å². The molecule has 0 fully saturated rings. The summed E-state index contributed by atoms with van der Waals surface area (Å²) in [5, 5.41) is 11.4. The van der Waals surface area contributed by atoms with Gasteiger partial charge in [0.2, 0.25) is 10.0 Å². The van der Waals surface area contributed by atoms with E-state index in [0.29, 0.717) is 4.34 Å². The molecule has 0 aliphatic heterocycles. The van der Waals surface area contributed by atoms with Crippen LogP contribution in [0.2, 0.25) is 13.8 Å². The molecule has 2 N–H and O–H groups in total. The topological polar surface area (TPSA) is 95.2 Å². The fourth-order valence-corrected chi connectivity index (χ4v) is 4.54. The minimum Gasteiger partial charge on any atom is -0.495 e. The molecule has 0 radical (unpaired) electrons. The summed E-state index contributed by atoms with van der Waals surface area (Å²) in [4.78, 5) is 0. The number of sulfonamides is 1. The average Bonchev–Trinajstić information content (AvgIpc) is 2.69. The molecule has 0 bridgehead atoms. The lowest BCUT2D eigenvalue weighted by Crippen LogP contribution is -2.24. The van der Waals surface area contributed by atoms with Gasteiger partial charge >= 0.3 is 0 Å². The van der Waals surface area contributed by atoms with E-state index in [-0.39, 0.29) is 26.5 Å². The highest BCUT2D eigenvalue weighted by Crippen LogP contribution is 2.42. The van der Waals surface area contributed by atoms with Crippen LogP contribution in [-0.4, -0.2) is 25.7 Å². The van der Waals surface area contributed by atoms with Gasteiger partial charge in [0.15, 0.2) is 5.15 Å². The molecule has 2 aromatic heterocycles. The van der Waals surface area contributed by atoms with Crippen molar-refractivity contribution in [3.63, 3.8) is 0 Å². The van der Waals surface area contributed by atoms with E-state index < -0.39 is 15.3 Å². The van der Waals surface area contributed by atoms with Crippen molar-refractivity contribution in [1.82, 2.24) is 10.2 Å². The quantitative estimate of drug-likeness (QED) is 0.869. The van der Waals surface area contributed by atoms with Crippen molar-refractivity contribution >= 4 is 56.2 Å². The van der Waals surface area contributed by atoms with Crippen LogP contribution in [0.3, 0.4) is 0 Å². The van der Waals surface area contributed by atoms with E-state index in [1.807, 2.05) is 0 Å². The predicted octanol–water partition coefficient (Wildman–Crippen LogP) is 2.88. The molecule has 0 spiro atoms. The van der Waals surface area contributed by atoms with Crippen molar-refractivity contribution in [2.24, 2.45) is 5.14 Å². The number of nitrogens with zero attached hydrogens (tertiary/aromatic N) is 2. The molecule has 0 saturated heterocycles. The van der Waals surface area contributed by atoms with Crippen LogP contribution in [-0.2, 0) is 10.0 Å². The average molecular weight is 389 g/mol. The molecule has 1 unspecified atom stereocenters. The molecular weight excluding hydrogens is 381 g/mol. The normalized spacial score (nSPS) is 13.2. The first-order valence-electron chi connectivity index (χ1n) is 5.27. The maximum atomic E-state index is 12.0. The molecule has 21 heavy (non-hydrogen) atoms. The third kappa shape index (κ3) is 3.58. The first-order valence-corrected chi connectivity index (χ1v) is 8.83. The van der Waals surface area contributed by atoms with Crippen molar-refractivity contribution in [2.45, 2.75) is 5.25 Å². The Morgan fingerprint density at radius 2 is 1.95 bits per heavy atom. The van der Waals surface area contributed by atoms with E-state index in [2.05, 4.69) is 10.2 Å². The Balaban J connectivity index is 2.71. The van der Waals surface area contributed by atoms with Crippen molar-refractivity contribution in [1.29, 1.82) is 0 Å². The molecule has 0 aliphatic carbocycles. The Hall–Kier alpha value is -0.640. The fourth-order valence-electron chi connectivity index (χ4n) is 1.72. The van der Waals surface area contributed by atoms with Gasteiger partial charge < -0.3 is 4.74 Å². The summed E-state index contributed by atoms with van der Waals surface area (Å²) in [7, 11) is -2.74. The molecule has 1 atom stereocenters. The van der Waals surface area contributed by atoms with Crippen LogP contribution in [0.5, 0.6) is 5.75 Å². The minimum atomic E-state index is -4.09. The Morgan fingerprint density at radius 1 is 1.29 bits per heavy atom. The van der Waals surface area contributed by atoms with Crippen molar-refractivity contribution in [2.75, 3.05) is 7.11 Å². The number of rotatable bonds is 4. The number of methoxy groups -OCH3 is 1. The summed E-state index contributed by atoms with van der Waals surface area (Å²) in [5.41, 5.74) is 0.199. The zero-order chi connectivity index (χ0) is 15.8. The van der Waals surface area contributed by atoms with Gasteiger partial charge in [0.25, 0.3) is 0 Å². The summed E-state index contributed by atoms with van der Waals surface area (Å²) in [6.07, 6.45) is 0. The second-order valence-corrected chi connectivity index (χ2v) is 8.19. The number of thiophene rings is 1. The summed E-state index contributed by atoms with van der Waals surface area (Å²) in [5.74, 6) is 0.132. The maximum absolute atomic E-state index is 12.0. The molecule has 114 valence electrons. The number of aromatic nitrogens is 2. The summed E-state index contributed by atoms with van der Waals surface area (Å²) < 4.78 is 29.5. The van der Waals surface area contributed by atoms with E-state index in [1.54, 1.807) is 0 Å². The monoisotopic (exact) mass is 387 g/mol. The van der Waals surface area contributed by atoms with E-state index in [0.717, 1.165) is 11.3 Å². The fraction of sp³-hybridized carbons (Fsp3) is 0.200. The molecule has 11 heteroatoms. The second kappa shape index (κ2) is 6.23. The highest BCUT2D eigenvalue weighted by atomic mass is 35.5. The van der Waals surface area contributed by atoms with Crippen LogP contribution in [0, 0.1) is 0 Å². The Labute approximate surface area is 139 Å². The number of halogens is 3. The second-order valence-electron chi connectivity index (χ2n) is 3.87. The lowest BCUT2D eigenvalue weighted by Gasteiger charge is -2.16. The highest BCUT2D eigenvalue weighted by Gasteiger charge is 2.34. The van der Waals surface area contributed by atoms with E-state index in [4.69, 9.17) is 44.7 Å². The van der Waals surface area contributed by atoms with Gasteiger partial charge in [-0.15, -0.1) is 21.5 Å². The van der Waals surface area contributed by atoms with Gasteiger partial charge in [-0.3, -0.25) is 0 Å². The SMILES string of the molecule is COc1cc(Cl)nnc1C(c1cc(Cl)sc1Cl)S(N)(=O)=O. The van der Waals surface area contributed by atoms with Crippen LogP contribution in [0.25, 0.3) is 0 Å². The smallest absolute Gasteiger partial charge is 0.222 e. The lowest BCUT2D eigenvalue weighted by atomic mass is 10.1. The van der Waals surface area contributed by atoms with Crippen LogP contribution in [0.4, 0.5) is 0 Å². The van der Waals surface area contributed by atoms with E-state index >= 15 is 0 Å². The first kappa shape index (κ1) is 16.7. The van der Waals surface area contributed by atoms with Gasteiger partial charge in [0, 0.05) is 11.6 Å². The predicted molar refractivity (Wildman–Crippen MR) is 82.9 cm³/mol. The summed E-state index contributed by atoms with van der Waals surface area (Å²) in [6.45, 7) is 0. The van der Waals surface area contributed by atoms with Crippen LogP contribution in [0.1, 0.15) is 16.5 Å². The Kier molecular flexibility index (Phi) is 4.96. The first-order chi connectivity index (χ1) is 9.74. The van der Waals surface area contributed by atoms with E-state index in [9.17, 15) is 8.42 Å².